The molecule has 0 saturated heterocycles. The number of carbonyl (C=O) groups is 5. The molecule has 70 heavy (non-hydrogen) atoms. The Morgan fingerprint density at radius 2 is 1.49 bits per heavy atom. The molecule has 358 valence electrons. The third kappa shape index (κ3) is 11.4. The highest BCUT2D eigenvalue weighted by Gasteiger charge is 2.26. The third-order valence-corrected chi connectivity index (χ3v) is 15.9. The van der Waals surface area contributed by atoms with Crippen molar-refractivity contribution < 1.29 is 28.7 Å². The van der Waals surface area contributed by atoms with Crippen molar-refractivity contribution in [2.45, 2.75) is 51.8 Å². The molecular weight excluding hydrogens is 1010 g/mol. The predicted octanol–water partition coefficient (Wildman–Crippen LogP) is 7.34. The SMILES string of the molecule is COCc1sc2nc1C(=O)NCC(=O)N[C@@H](Cc1ccccc1)c1nc(cs1)-c1nc(cs1)-c1nc(-c3nc(NC(=O)CCCCN)cs3)ccc1-c1nc(cs1)C(=O)NCc1nc(c(C)s1)C(=O)N2. The van der Waals surface area contributed by atoms with Crippen LogP contribution in [-0.4, -0.2) is 84.6 Å². The Labute approximate surface area is 423 Å². The first-order valence-electron chi connectivity index (χ1n) is 21.5. The number of nitrogens with two attached hydrogens (primary N) is 1. The van der Waals surface area contributed by atoms with E-state index in [0.717, 1.165) is 23.3 Å². The predicted molar refractivity (Wildman–Crippen MR) is 272 cm³/mol. The van der Waals surface area contributed by atoms with Crippen molar-refractivity contribution in [3.63, 3.8) is 0 Å². The van der Waals surface area contributed by atoms with Gasteiger partial charge >= 0.3 is 0 Å². The van der Waals surface area contributed by atoms with Crippen molar-refractivity contribution in [3.05, 3.63) is 106 Å². The first kappa shape index (κ1) is 48.4. The highest BCUT2D eigenvalue weighted by Crippen LogP contribution is 2.38. The number of nitrogens with zero attached hydrogens (tertiary/aromatic N) is 7. The largest absolute Gasteiger partial charge is 0.379 e. The zero-order chi connectivity index (χ0) is 48.7. The average Bonchev–Trinajstić information content (AvgIpc) is 4.22. The van der Waals surface area contributed by atoms with Crippen LogP contribution in [0.1, 0.15) is 82.1 Å². The highest BCUT2D eigenvalue weighted by molar-refractivity contribution is 7.16. The number of aryl methyl sites for hydroxylation is 1. The number of anilines is 2. The minimum Gasteiger partial charge on any atom is -0.379 e. The number of fused-ring (bicyclic) bond motifs is 14. The van der Waals surface area contributed by atoms with Crippen molar-refractivity contribution in [2.24, 2.45) is 5.73 Å². The second-order valence-corrected chi connectivity index (χ2v) is 21.3. The summed E-state index contributed by atoms with van der Waals surface area (Å²) in [5.41, 5.74) is 9.60. The van der Waals surface area contributed by atoms with Crippen LogP contribution >= 0.6 is 68.0 Å². The maximum absolute atomic E-state index is 13.6. The fourth-order valence-electron chi connectivity index (χ4n) is 7.07. The minimum absolute atomic E-state index is 0.00147. The van der Waals surface area contributed by atoms with Gasteiger partial charge in [-0.3, -0.25) is 29.3 Å². The number of hydrogen-bond acceptors (Lipinski definition) is 20. The lowest BCUT2D eigenvalue weighted by Gasteiger charge is -2.17. The van der Waals surface area contributed by atoms with Crippen LogP contribution in [0.3, 0.4) is 0 Å². The number of nitrogens with one attached hydrogen (secondary N) is 5. The van der Waals surface area contributed by atoms with E-state index in [1.165, 1.54) is 63.8 Å². The van der Waals surface area contributed by atoms with Crippen LogP contribution in [0.15, 0.2) is 64.0 Å². The van der Waals surface area contributed by atoms with Crippen LogP contribution in [-0.2, 0) is 33.9 Å². The van der Waals surface area contributed by atoms with Gasteiger partial charge in [-0.05, 0) is 50.4 Å². The van der Waals surface area contributed by atoms with Crippen LogP contribution in [0.25, 0.3) is 43.4 Å². The number of amides is 5. The van der Waals surface area contributed by atoms with Gasteiger partial charge in [0.25, 0.3) is 17.7 Å². The van der Waals surface area contributed by atoms with E-state index in [9.17, 15) is 24.0 Å². The molecule has 0 fully saturated rings. The van der Waals surface area contributed by atoms with Crippen LogP contribution in [0.2, 0.25) is 0 Å². The van der Waals surface area contributed by atoms with Crippen molar-refractivity contribution in [3.8, 4) is 43.4 Å². The lowest BCUT2D eigenvalue weighted by molar-refractivity contribution is -0.121. The quantitative estimate of drug-likeness (QED) is 0.0732. The molecule has 5 amide bonds. The Kier molecular flexibility index (Phi) is 15.2. The molecule has 0 saturated carbocycles. The van der Waals surface area contributed by atoms with E-state index in [1.807, 2.05) is 53.2 Å². The molecule has 0 aliphatic carbocycles. The fraction of sp³-hybridized carbons (Fsp3) is 0.244. The molecule has 1 atom stereocenters. The van der Waals surface area contributed by atoms with Crippen molar-refractivity contribution in [1.29, 1.82) is 0 Å². The highest BCUT2D eigenvalue weighted by atomic mass is 32.1. The van der Waals surface area contributed by atoms with Gasteiger partial charge in [-0.15, -0.1) is 56.7 Å². The maximum atomic E-state index is 13.6. The molecule has 7 N–H and O–H groups in total. The van der Waals surface area contributed by atoms with E-state index in [4.69, 9.17) is 30.4 Å². The Hall–Kier alpha value is -6.58. The van der Waals surface area contributed by atoms with E-state index >= 15 is 0 Å². The number of benzene rings is 1. The van der Waals surface area contributed by atoms with Gasteiger partial charge in [0.05, 0.1) is 36.3 Å². The Morgan fingerprint density at radius 1 is 0.729 bits per heavy atom. The molecule has 9 rings (SSSR count). The molecule has 19 nitrogen and oxygen atoms in total. The molecule has 8 aromatic rings. The number of aromatic nitrogens is 7. The van der Waals surface area contributed by atoms with Crippen LogP contribution in [0.4, 0.5) is 10.9 Å². The number of carbonyl (C=O) groups excluding carboxylic acids is 5. The van der Waals surface area contributed by atoms with E-state index in [1.54, 1.807) is 17.7 Å². The van der Waals surface area contributed by atoms with Crippen LogP contribution in [0, 0.1) is 6.92 Å². The Morgan fingerprint density at radius 3 is 2.31 bits per heavy atom. The first-order valence-corrected chi connectivity index (χ1v) is 26.7. The molecule has 0 spiro atoms. The van der Waals surface area contributed by atoms with E-state index in [-0.39, 0.29) is 47.8 Å². The van der Waals surface area contributed by atoms with E-state index in [2.05, 4.69) is 41.5 Å². The summed E-state index contributed by atoms with van der Waals surface area (Å²) >= 11 is 7.64. The molecule has 1 aromatic carbocycles. The van der Waals surface area contributed by atoms with Crippen molar-refractivity contribution in [2.75, 3.05) is 30.8 Å². The summed E-state index contributed by atoms with van der Waals surface area (Å²) in [7, 11) is 1.47. The van der Waals surface area contributed by atoms with E-state index in [0.29, 0.717) is 94.8 Å². The van der Waals surface area contributed by atoms with Gasteiger partial charge in [-0.1, -0.05) is 41.7 Å². The monoisotopic (exact) mass is 1050 g/mol. The molecule has 1 aliphatic rings. The smallest absolute Gasteiger partial charge is 0.277 e. The minimum atomic E-state index is -0.629. The van der Waals surface area contributed by atoms with Crippen molar-refractivity contribution >= 4 is 109 Å². The molecule has 7 aromatic heterocycles. The van der Waals surface area contributed by atoms with Gasteiger partial charge in [0.2, 0.25) is 11.8 Å². The number of hydrogen-bond donors (Lipinski definition) is 6. The molecule has 0 radical (unpaired) electrons. The van der Waals surface area contributed by atoms with Gasteiger partial charge < -0.3 is 31.7 Å². The number of thiazole rings is 6. The molecule has 25 heteroatoms. The average molecular weight is 1050 g/mol. The second kappa shape index (κ2) is 22.0. The summed E-state index contributed by atoms with van der Waals surface area (Å²) in [6.07, 6.45) is 2.17. The van der Waals surface area contributed by atoms with Crippen LogP contribution < -0.4 is 32.3 Å². The van der Waals surface area contributed by atoms with Crippen LogP contribution in [0.5, 0.6) is 0 Å². The lowest BCUT2D eigenvalue weighted by Crippen LogP contribution is -2.39. The lowest BCUT2D eigenvalue weighted by atomic mass is 10.1. The summed E-state index contributed by atoms with van der Waals surface area (Å²) in [6, 6.07) is 12.8. The Balaban J connectivity index is 1.07. The van der Waals surface area contributed by atoms with Gasteiger partial charge in [0, 0.05) is 45.5 Å². The first-order chi connectivity index (χ1) is 34.0. The standard InChI is InChI=1S/C45H41N13O6S6/c1-22-35-40(63)58-45-57-37(30(70-45)17-64-2)39(62)47-15-33(60)49-26(14-23-8-4-3-5-9-23)43-53-29(20-67-43)44-51-27(18-66-44)36-24(41-52-28(19-65-41)38(61)48-16-34(56-35)69-22)11-12-25(50-36)42-55-31(21-68-42)54-32(59)10-6-7-13-46/h3-5,8-9,11-12,18-21,26H,6-7,10,13-17,46H2,1-2H3,(H,47,62)(H,48,61)(H,49,60)(H,54,59)(H,57,58,63)/t26-/m0/s1. The Bertz CT molecular complexity index is 3210. The zero-order valence-electron chi connectivity index (χ0n) is 37.2. The van der Waals surface area contributed by atoms with Gasteiger partial charge in [0.15, 0.2) is 5.13 Å². The zero-order valence-corrected chi connectivity index (χ0v) is 42.1. The second-order valence-electron chi connectivity index (χ2n) is 15.4. The maximum Gasteiger partial charge on any atom is 0.277 e. The topological polar surface area (TPSA) is 271 Å². The van der Waals surface area contributed by atoms with Gasteiger partial charge in [0.1, 0.15) is 65.0 Å². The number of pyridine rings is 1. The van der Waals surface area contributed by atoms with Gasteiger partial charge in [-0.25, -0.2) is 34.9 Å². The number of unbranched alkanes of at least 4 members (excludes halogenated alkanes) is 1. The molecule has 8 heterocycles. The summed E-state index contributed by atoms with van der Waals surface area (Å²) < 4.78 is 5.33. The number of methoxy groups -OCH3 is 1. The van der Waals surface area contributed by atoms with E-state index < -0.39 is 29.7 Å². The van der Waals surface area contributed by atoms with Gasteiger partial charge in [-0.2, -0.15) is 0 Å². The van der Waals surface area contributed by atoms with Crippen molar-refractivity contribution in [1.82, 2.24) is 50.8 Å². The molecule has 0 unspecified atom stereocenters. The molecule has 1 aliphatic heterocycles. The fourth-order valence-corrected chi connectivity index (χ4v) is 12.1. The third-order valence-electron chi connectivity index (χ3n) is 10.4. The number of ether oxygens (including phenoxy) is 1. The summed E-state index contributed by atoms with van der Waals surface area (Å²) in [5, 5.41) is 24.3. The summed E-state index contributed by atoms with van der Waals surface area (Å²) in [5.74, 6) is -1.82. The summed E-state index contributed by atoms with van der Waals surface area (Å²) in [6.45, 7) is 1.94. The molecule has 10 bridgehead atoms. The summed E-state index contributed by atoms with van der Waals surface area (Å²) in [4.78, 5) is 101. The molecular formula is C45H41N13O6S6. The number of rotatable bonds is 10. The normalized spacial score (nSPS) is 14.4.